The van der Waals surface area contributed by atoms with E-state index in [-0.39, 0.29) is 17.9 Å². The zero-order valence-electron chi connectivity index (χ0n) is 14.7. The fraction of sp³-hybridized carbons (Fsp3) is 0.150. The molecule has 1 aromatic carbocycles. The molecule has 3 aromatic rings. The molecule has 2 aromatic heterocycles. The van der Waals surface area contributed by atoms with Crippen molar-refractivity contribution < 1.29 is 17.9 Å². The highest BCUT2D eigenvalue weighted by molar-refractivity contribution is 5.95. The van der Waals surface area contributed by atoms with Crippen molar-refractivity contribution in [2.24, 2.45) is 0 Å². The van der Waals surface area contributed by atoms with Crippen molar-refractivity contribution in [1.29, 1.82) is 0 Å². The third-order valence-electron chi connectivity index (χ3n) is 4.21. The number of aromatic nitrogens is 3. The normalized spacial score (nSPS) is 13.4. The van der Waals surface area contributed by atoms with E-state index in [0.29, 0.717) is 22.4 Å². The van der Waals surface area contributed by atoms with Crippen LogP contribution in [0.3, 0.4) is 0 Å². The summed E-state index contributed by atoms with van der Waals surface area (Å²) in [5, 5.41) is 4.17. The van der Waals surface area contributed by atoms with Gasteiger partial charge in [-0.2, -0.15) is 18.3 Å². The first-order valence-electron chi connectivity index (χ1n) is 8.35. The molecule has 4 rings (SSSR count). The molecule has 0 amide bonds. The van der Waals surface area contributed by atoms with E-state index in [0.717, 1.165) is 10.6 Å². The van der Waals surface area contributed by atoms with Gasteiger partial charge in [0.1, 0.15) is 0 Å². The van der Waals surface area contributed by atoms with Crippen LogP contribution in [-0.2, 0) is 17.5 Å². The number of fused-ring (bicyclic) bond motifs is 1. The molecule has 1 aliphatic heterocycles. The van der Waals surface area contributed by atoms with Crippen LogP contribution in [0.5, 0.6) is 0 Å². The molecule has 3 heterocycles. The number of halogens is 3. The van der Waals surface area contributed by atoms with Crippen LogP contribution in [-0.4, -0.2) is 33.8 Å². The van der Waals surface area contributed by atoms with Gasteiger partial charge in [-0.1, -0.05) is 30.3 Å². The van der Waals surface area contributed by atoms with E-state index < -0.39 is 11.9 Å². The molecular formula is C20H14F3N4O+. The quantitative estimate of drug-likeness (QED) is 0.650. The summed E-state index contributed by atoms with van der Waals surface area (Å²) >= 11 is 0. The number of rotatable bonds is 4. The monoisotopic (exact) mass is 383 g/mol. The van der Waals surface area contributed by atoms with Gasteiger partial charge >= 0.3 is 18.3 Å². The summed E-state index contributed by atoms with van der Waals surface area (Å²) in [6.07, 6.45) is -0.0754. The molecule has 0 N–H and O–H groups in total. The third-order valence-corrected chi connectivity index (χ3v) is 4.21. The highest BCUT2D eigenvalue weighted by Gasteiger charge is 2.36. The fourth-order valence-electron chi connectivity index (χ4n) is 3.02. The van der Waals surface area contributed by atoms with E-state index in [1.807, 2.05) is 18.2 Å². The van der Waals surface area contributed by atoms with E-state index in [4.69, 9.17) is 4.74 Å². The first-order valence-corrected chi connectivity index (χ1v) is 8.35. The summed E-state index contributed by atoms with van der Waals surface area (Å²) in [5.41, 5.74) is 1.45. The van der Waals surface area contributed by atoms with Gasteiger partial charge in [0, 0.05) is 18.8 Å². The molecule has 0 unspecified atom stereocenters. The van der Waals surface area contributed by atoms with Crippen molar-refractivity contribution in [3.63, 3.8) is 0 Å². The van der Waals surface area contributed by atoms with Gasteiger partial charge in [0.25, 0.3) is 0 Å². The Morgan fingerprint density at radius 1 is 1.21 bits per heavy atom. The Morgan fingerprint density at radius 2 is 2.00 bits per heavy atom. The Balaban J connectivity index is 2.07. The second-order valence-electron chi connectivity index (χ2n) is 6.05. The summed E-state index contributed by atoms with van der Waals surface area (Å²) in [6.45, 7) is 0.0588. The van der Waals surface area contributed by atoms with Gasteiger partial charge in [-0.25, -0.2) is 9.50 Å². The zero-order chi connectivity index (χ0) is 19.7. The summed E-state index contributed by atoms with van der Waals surface area (Å²) in [4.78, 5) is 4.50. The molecule has 5 nitrogen and oxygen atoms in total. The van der Waals surface area contributed by atoms with Crippen LogP contribution in [0.4, 0.5) is 13.2 Å². The molecular weight excluding hydrogens is 369 g/mol. The molecule has 8 heteroatoms. The number of hydrogen-bond donors (Lipinski definition) is 0. The van der Waals surface area contributed by atoms with Gasteiger partial charge in [-0.05, 0) is 16.3 Å². The Labute approximate surface area is 157 Å². The molecule has 0 spiro atoms. The molecule has 0 saturated carbocycles. The summed E-state index contributed by atoms with van der Waals surface area (Å²) in [5.74, 6) is 2.62. The lowest BCUT2D eigenvalue weighted by molar-refractivity contribution is -0.142. The first kappa shape index (κ1) is 17.9. The average molecular weight is 383 g/mol. The van der Waals surface area contributed by atoms with Gasteiger partial charge in [-0.3, -0.25) is 0 Å². The number of ether oxygens (including phenoxy) is 1. The van der Waals surface area contributed by atoms with Crippen LogP contribution in [0.1, 0.15) is 17.1 Å². The maximum atomic E-state index is 13.8. The van der Waals surface area contributed by atoms with Gasteiger partial charge in [0.2, 0.25) is 0 Å². The van der Waals surface area contributed by atoms with E-state index in [2.05, 4.69) is 20.6 Å². The minimum Gasteiger partial charge on any atom is -0.378 e. The minimum atomic E-state index is -4.61. The van der Waals surface area contributed by atoms with Crippen LogP contribution < -0.4 is 4.67 Å². The fourth-order valence-corrected chi connectivity index (χ4v) is 3.02. The summed E-state index contributed by atoms with van der Waals surface area (Å²) in [7, 11) is 1.47. The molecule has 140 valence electrons. The summed E-state index contributed by atoms with van der Waals surface area (Å²) < 4.78 is 51.2. The molecule has 28 heavy (non-hydrogen) atoms. The Kier molecular flexibility index (Phi) is 4.45. The van der Waals surface area contributed by atoms with Crippen molar-refractivity contribution in [2.45, 2.75) is 12.8 Å². The zero-order valence-corrected chi connectivity index (χ0v) is 14.7. The van der Waals surface area contributed by atoms with Crippen molar-refractivity contribution in [2.75, 3.05) is 7.11 Å². The maximum Gasteiger partial charge on any atom is 0.433 e. The molecule has 0 aliphatic carbocycles. The number of hydrogen-bond acceptors (Lipinski definition) is 3. The molecule has 0 saturated heterocycles. The Bertz CT molecular complexity index is 1180. The summed E-state index contributed by atoms with van der Waals surface area (Å²) in [6, 6.07) is 10.0. The topological polar surface area (TPSA) is 53.5 Å². The minimum absolute atomic E-state index is 0.0588. The van der Waals surface area contributed by atoms with E-state index in [1.54, 1.807) is 18.2 Å². The molecule has 0 bridgehead atoms. The molecule has 0 radical (unpaired) electrons. The van der Waals surface area contributed by atoms with Crippen molar-refractivity contribution in [1.82, 2.24) is 19.3 Å². The van der Waals surface area contributed by atoms with Crippen molar-refractivity contribution in [3.8, 4) is 11.1 Å². The van der Waals surface area contributed by atoms with Crippen LogP contribution in [0, 0.1) is 0 Å². The standard InChI is InChI=1S/C20H14F3N4O/c1-28-12-16-18(14-5-3-2-4-6-14)19-25-15(13-7-9-24-10-8-13)11-17(20(21,22)23)27(19)26-16/h2-9,11H,12H2,1H3/q+1. The van der Waals surface area contributed by atoms with Crippen LogP contribution in [0.25, 0.3) is 22.3 Å². The van der Waals surface area contributed by atoms with E-state index in [1.165, 1.54) is 19.4 Å². The maximum absolute atomic E-state index is 13.8. The molecule has 1 aliphatic rings. The Hall–Kier alpha value is -3.44. The number of nitrogens with zero attached hydrogens (tertiary/aromatic N) is 4. The Morgan fingerprint density at radius 3 is 2.64 bits per heavy atom. The van der Waals surface area contributed by atoms with Crippen molar-refractivity contribution >= 4 is 23.3 Å². The highest BCUT2D eigenvalue weighted by Crippen LogP contribution is 2.35. The van der Waals surface area contributed by atoms with E-state index in [9.17, 15) is 13.2 Å². The van der Waals surface area contributed by atoms with Gasteiger partial charge < -0.3 is 4.74 Å². The van der Waals surface area contributed by atoms with Crippen LogP contribution in [0.15, 0.2) is 48.6 Å². The molecule has 0 fully saturated rings. The SMILES string of the molecule is COCc1nn2c(C(F)(F)F)cc(C3=CC=[N+]=C=C3)nc2c1-c1ccccc1. The second kappa shape index (κ2) is 6.94. The second-order valence-corrected chi connectivity index (χ2v) is 6.05. The number of methoxy groups -OCH3 is 1. The van der Waals surface area contributed by atoms with Gasteiger partial charge in [-0.15, -0.1) is 0 Å². The number of allylic oxidation sites excluding steroid dienone is 3. The van der Waals surface area contributed by atoms with Gasteiger partial charge in [0.15, 0.2) is 11.3 Å². The predicted octanol–water partition coefficient (Wildman–Crippen LogP) is 3.32. The van der Waals surface area contributed by atoms with Crippen LogP contribution in [0.2, 0.25) is 0 Å². The predicted molar refractivity (Wildman–Crippen MR) is 99.9 cm³/mol. The smallest absolute Gasteiger partial charge is 0.378 e. The number of benzene rings is 1. The largest absolute Gasteiger partial charge is 0.433 e. The number of alkyl halides is 3. The van der Waals surface area contributed by atoms with Gasteiger partial charge in [0.05, 0.1) is 29.6 Å². The molecule has 0 atom stereocenters. The first-order chi connectivity index (χ1) is 13.5. The highest BCUT2D eigenvalue weighted by atomic mass is 19.4. The lowest BCUT2D eigenvalue weighted by atomic mass is 10.1. The van der Waals surface area contributed by atoms with Crippen molar-refractivity contribution in [3.05, 3.63) is 65.6 Å². The van der Waals surface area contributed by atoms with E-state index >= 15 is 0 Å². The van der Waals surface area contributed by atoms with Crippen LogP contribution >= 0.6 is 0 Å². The lowest BCUT2D eigenvalue weighted by Gasteiger charge is -2.11. The lowest BCUT2D eigenvalue weighted by Crippen LogP contribution is -2.14. The average Bonchev–Trinajstić information content (AvgIpc) is 3.06. The third kappa shape index (κ3) is 3.17.